The molecular weight excluding hydrogens is 280 g/mol. The summed E-state index contributed by atoms with van der Waals surface area (Å²) in [7, 11) is 0. The van der Waals surface area contributed by atoms with Crippen LogP contribution in [0.4, 0.5) is 0 Å². The number of aliphatic hydroxyl groups excluding tert-OH is 1. The predicted molar refractivity (Wildman–Crippen MR) is 79.0 cm³/mol. The van der Waals surface area contributed by atoms with Crippen LogP contribution in [0.15, 0.2) is 53.4 Å². The smallest absolute Gasteiger partial charge is 0.195 e. The summed E-state index contributed by atoms with van der Waals surface area (Å²) in [5.41, 5.74) is 1.04. The van der Waals surface area contributed by atoms with E-state index >= 15 is 0 Å². The molecular formula is C15H13ClO2S. The van der Waals surface area contributed by atoms with E-state index in [4.69, 9.17) is 11.6 Å². The Bertz CT molecular complexity index is 564. The number of carbonyl (C=O) groups excluding carboxylic acids is 1. The van der Waals surface area contributed by atoms with Crippen molar-refractivity contribution in [2.75, 3.05) is 6.26 Å². The van der Waals surface area contributed by atoms with Gasteiger partial charge in [-0.05, 0) is 36.1 Å². The number of carbonyl (C=O) groups is 1. The van der Waals surface area contributed by atoms with Crippen LogP contribution in [-0.2, 0) is 0 Å². The summed E-state index contributed by atoms with van der Waals surface area (Å²) < 4.78 is 0. The van der Waals surface area contributed by atoms with E-state index in [1.807, 2.05) is 18.4 Å². The quantitative estimate of drug-likeness (QED) is 0.684. The number of thioether (sulfide) groups is 1. The van der Waals surface area contributed by atoms with Crippen LogP contribution in [0.1, 0.15) is 22.0 Å². The van der Waals surface area contributed by atoms with E-state index in [0.717, 1.165) is 4.90 Å². The van der Waals surface area contributed by atoms with Gasteiger partial charge in [0.2, 0.25) is 0 Å². The van der Waals surface area contributed by atoms with Gasteiger partial charge in [0.25, 0.3) is 0 Å². The molecule has 0 aromatic heterocycles. The fourth-order valence-corrected chi connectivity index (χ4v) is 2.24. The van der Waals surface area contributed by atoms with Crippen LogP contribution in [-0.4, -0.2) is 17.1 Å². The fourth-order valence-electron chi connectivity index (χ4n) is 1.71. The summed E-state index contributed by atoms with van der Waals surface area (Å²) in [4.78, 5) is 13.2. The van der Waals surface area contributed by atoms with Crippen molar-refractivity contribution in [3.05, 3.63) is 64.7 Å². The maximum atomic E-state index is 12.1. The Hall–Kier alpha value is -1.29. The molecule has 0 radical (unpaired) electrons. The maximum Gasteiger partial charge on any atom is 0.195 e. The molecule has 1 N–H and O–H groups in total. The molecule has 0 saturated carbocycles. The SMILES string of the molecule is CSc1ccc(C(=O)C(O)c2ccc(Cl)cc2)cc1. The second-order valence-electron chi connectivity index (χ2n) is 4.05. The van der Waals surface area contributed by atoms with Crippen LogP contribution in [0.3, 0.4) is 0 Å². The van der Waals surface area contributed by atoms with Crippen molar-refractivity contribution in [1.29, 1.82) is 0 Å². The van der Waals surface area contributed by atoms with Crippen LogP contribution < -0.4 is 0 Å². The zero-order valence-corrected chi connectivity index (χ0v) is 11.9. The first-order valence-corrected chi connectivity index (χ1v) is 7.34. The average molecular weight is 293 g/mol. The molecule has 2 rings (SSSR count). The van der Waals surface area contributed by atoms with Crippen LogP contribution in [0.2, 0.25) is 5.02 Å². The first-order chi connectivity index (χ1) is 9.11. The molecule has 2 aromatic carbocycles. The molecule has 1 atom stereocenters. The lowest BCUT2D eigenvalue weighted by Gasteiger charge is -2.10. The van der Waals surface area contributed by atoms with Crippen LogP contribution in [0.25, 0.3) is 0 Å². The minimum absolute atomic E-state index is 0.310. The van der Waals surface area contributed by atoms with Gasteiger partial charge in [-0.2, -0.15) is 0 Å². The van der Waals surface area contributed by atoms with Crippen molar-refractivity contribution in [2.45, 2.75) is 11.0 Å². The lowest BCUT2D eigenvalue weighted by molar-refractivity contribution is 0.0747. The van der Waals surface area contributed by atoms with Gasteiger partial charge in [-0.3, -0.25) is 4.79 Å². The highest BCUT2D eigenvalue weighted by Crippen LogP contribution is 2.22. The second-order valence-corrected chi connectivity index (χ2v) is 5.36. The van der Waals surface area contributed by atoms with Crippen molar-refractivity contribution in [3.63, 3.8) is 0 Å². The highest BCUT2D eigenvalue weighted by Gasteiger charge is 2.18. The molecule has 0 fully saturated rings. The number of hydrogen-bond donors (Lipinski definition) is 1. The zero-order valence-electron chi connectivity index (χ0n) is 10.3. The van der Waals surface area contributed by atoms with Crippen molar-refractivity contribution >= 4 is 29.1 Å². The third-order valence-electron chi connectivity index (χ3n) is 2.81. The molecule has 0 bridgehead atoms. The molecule has 0 aliphatic heterocycles. The molecule has 0 aliphatic carbocycles. The molecule has 0 saturated heterocycles. The lowest BCUT2D eigenvalue weighted by atomic mass is 10.0. The Balaban J connectivity index is 2.20. The van der Waals surface area contributed by atoms with E-state index in [2.05, 4.69) is 0 Å². The van der Waals surface area contributed by atoms with Crippen LogP contribution >= 0.6 is 23.4 Å². The van der Waals surface area contributed by atoms with Gasteiger partial charge >= 0.3 is 0 Å². The van der Waals surface area contributed by atoms with Gasteiger partial charge in [-0.25, -0.2) is 0 Å². The predicted octanol–water partition coefficient (Wildman–Crippen LogP) is 3.98. The Morgan fingerprint density at radius 1 is 1.11 bits per heavy atom. The van der Waals surface area contributed by atoms with Gasteiger partial charge in [0.1, 0.15) is 6.10 Å². The third-order valence-corrected chi connectivity index (χ3v) is 3.80. The molecule has 2 aromatic rings. The fraction of sp³-hybridized carbons (Fsp3) is 0.133. The minimum atomic E-state index is -1.16. The van der Waals surface area contributed by atoms with Crippen molar-refractivity contribution < 1.29 is 9.90 Å². The van der Waals surface area contributed by atoms with Crippen molar-refractivity contribution in [3.8, 4) is 0 Å². The van der Waals surface area contributed by atoms with E-state index in [-0.39, 0.29) is 5.78 Å². The summed E-state index contributed by atoms with van der Waals surface area (Å²) in [6.45, 7) is 0. The molecule has 19 heavy (non-hydrogen) atoms. The summed E-state index contributed by atoms with van der Waals surface area (Å²) in [5.74, 6) is -0.310. The number of Topliss-reactive ketones (excluding diaryl/α,β-unsaturated/α-hetero) is 1. The number of ketones is 1. The third kappa shape index (κ3) is 3.38. The van der Waals surface area contributed by atoms with Gasteiger partial charge in [0.15, 0.2) is 5.78 Å². The number of rotatable bonds is 4. The Labute approximate surface area is 121 Å². The number of halogens is 1. The van der Waals surface area contributed by atoms with Crippen LogP contribution in [0.5, 0.6) is 0 Å². The molecule has 2 nitrogen and oxygen atoms in total. The highest BCUT2D eigenvalue weighted by molar-refractivity contribution is 7.98. The highest BCUT2D eigenvalue weighted by atomic mass is 35.5. The molecule has 0 spiro atoms. The van der Waals surface area contributed by atoms with E-state index in [0.29, 0.717) is 16.1 Å². The molecule has 0 aliphatic rings. The normalized spacial score (nSPS) is 12.2. The van der Waals surface area contributed by atoms with E-state index < -0.39 is 6.10 Å². The van der Waals surface area contributed by atoms with E-state index in [1.165, 1.54) is 0 Å². The molecule has 0 heterocycles. The maximum absolute atomic E-state index is 12.1. The molecule has 1 unspecified atom stereocenters. The van der Waals surface area contributed by atoms with Gasteiger partial charge in [0.05, 0.1) is 0 Å². The van der Waals surface area contributed by atoms with Crippen molar-refractivity contribution in [2.24, 2.45) is 0 Å². The topological polar surface area (TPSA) is 37.3 Å². The average Bonchev–Trinajstić information content (AvgIpc) is 2.46. The van der Waals surface area contributed by atoms with E-state index in [1.54, 1.807) is 48.2 Å². The minimum Gasteiger partial charge on any atom is -0.380 e. The number of aliphatic hydroxyl groups is 1. The zero-order chi connectivity index (χ0) is 13.8. The van der Waals surface area contributed by atoms with Gasteiger partial charge in [-0.1, -0.05) is 35.9 Å². The Kier molecular flexibility index (Phi) is 4.64. The molecule has 0 amide bonds. The number of benzene rings is 2. The van der Waals surface area contributed by atoms with Gasteiger partial charge < -0.3 is 5.11 Å². The first kappa shape index (κ1) is 14.1. The second kappa shape index (κ2) is 6.24. The number of hydrogen-bond acceptors (Lipinski definition) is 3. The van der Waals surface area contributed by atoms with E-state index in [9.17, 15) is 9.90 Å². The summed E-state index contributed by atoms with van der Waals surface area (Å²) in [6, 6.07) is 13.8. The summed E-state index contributed by atoms with van der Waals surface area (Å²) in [6.07, 6.45) is 0.816. The standard InChI is InChI=1S/C15H13ClO2S/c1-19-13-8-4-11(5-9-13)15(18)14(17)10-2-6-12(16)7-3-10/h2-9,14,17H,1H3. The lowest BCUT2D eigenvalue weighted by Crippen LogP contribution is -2.12. The Morgan fingerprint density at radius 3 is 2.21 bits per heavy atom. The van der Waals surface area contributed by atoms with Gasteiger partial charge in [-0.15, -0.1) is 11.8 Å². The molecule has 98 valence electrons. The first-order valence-electron chi connectivity index (χ1n) is 5.73. The summed E-state index contributed by atoms with van der Waals surface area (Å²) in [5, 5.41) is 10.6. The molecule has 4 heteroatoms. The van der Waals surface area contributed by atoms with Crippen molar-refractivity contribution in [1.82, 2.24) is 0 Å². The summed E-state index contributed by atoms with van der Waals surface area (Å²) >= 11 is 7.38. The monoisotopic (exact) mass is 292 g/mol. The Morgan fingerprint density at radius 2 is 1.68 bits per heavy atom. The largest absolute Gasteiger partial charge is 0.380 e. The van der Waals surface area contributed by atoms with Crippen LogP contribution in [0, 0.1) is 0 Å². The van der Waals surface area contributed by atoms with Gasteiger partial charge in [0, 0.05) is 15.5 Å².